The van der Waals surface area contributed by atoms with Gasteiger partial charge in [0.15, 0.2) is 0 Å². The summed E-state index contributed by atoms with van der Waals surface area (Å²) >= 11 is 0. The van der Waals surface area contributed by atoms with Gasteiger partial charge in [-0.2, -0.15) is 0 Å². The van der Waals surface area contributed by atoms with Crippen LogP contribution in [0, 0.1) is 23.2 Å². The maximum Gasteiger partial charge on any atom is 0.308 e. The molecule has 0 aromatic heterocycles. The van der Waals surface area contributed by atoms with Gasteiger partial charge in [-0.05, 0) is 44.9 Å². The summed E-state index contributed by atoms with van der Waals surface area (Å²) in [6.07, 6.45) is 5.44. The van der Waals surface area contributed by atoms with Crippen LogP contribution in [0.1, 0.15) is 60.8 Å². The molecule has 1 fully saturated rings. The van der Waals surface area contributed by atoms with Crippen molar-refractivity contribution in [1.82, 2.24) is 0 Å². The van der Waals surface area contributed by atoms with Gasteiger partial charge < -0.3 is 4.74 Å². The van der Waals surface area contributed by atoms with E-state index >= 15 is 0 Å². The van der Waals surface area contributed by atoms with Crippen LogP contribution in [-0.4, -0.2) is 12.6 Å². The summed E-state index contributed by atoms with van der Waals surface area (Å²) in [5.41, 5.74) is 1.41. The monoisotopic (exact) mass is 266 g/mol. The summed E-state index contributed by atoms with van der Waals surface area (Å²) in [6.45, 7) is 13.8. The molecule has 0 radical (unpaired) electrons. The van der Waals surface area contributed by atoms with Crippen molar-refractivity contribution in [2.75, 3.05) is 6.61 Å². The number of esters is 1. The Balaban J connectivity index is 2.44. The minimum Gasteiger partial charge on any atom is -0.465 e. The third-order valence-corrected chi connectivity index (χ3v) is 4.48. The highest BCUT2D eigenvalue weighted by atomic mass is 16.5. The van der Waals surface area contributed by atoms with Crippen molar-refractivity contribution in [1.29, 1.82) is 0 Å². The Labute approximate surface area is 118 Å². The van der Waals surface area contributed by atoms with E-state index in [1.165, 1.54) is 5.57 Å². The fourth-order valence-corrected chi connectivity index (χ4v) is 2.22. The van der Waals surface area contributed by atoms with E-state index in [2.05, 4.69) is 47.6 Å². The van der Waals surface area contributed by atoms with E-state index in [-0.39, 0.29) is 17.3 Å². The highest BCUT2D eigenvalue weighted by Gasteiger charge is 2.35. The maximum absolute atomic E-state index is 11.6. The lowest BCUT2D eigenvalue weighted by molar-refractivity contribution is -0.149. The number of carbonyl (C=O) groups excluding carboxylic acids is 1. The van der Waals surface area contributed by atoms with Gasteiger partial charge in [-0.25, -0.2) is 0 Å². The lowest BCUT2D eigenvalue weighted by Gasteiger charge is -2.35. The summed E-state index contributed by atoms with van der Waals surface area (Å²) in [6, 6.07) is 0. The predicted octanol–water partition coefficient (Wildman–Crippen LogP) is 4.59. The summed E-state index contributed by atoms with van der Waals surface area (Å²) < 4.78 is 5.47. The van der Waals surface area contributed by atoms with Gasteiger partial charge in [-0.3, -0.25) is 4.79 Å². The first kappa shape index (κ1) is 16.3. The second-order valence-electron chi connectivity index (χ2n) is 7.15. The minimum atomic E-state index is 0.0113. The average molecular weight is 266 g/mol. The van der Waals surface area contributed by atoms with Gasteiger partial charge in [0.25, 0.3) is 0 Å². The van der Waals surface area contributed by atoms with Crippen molar-refractivity contribution in [3.8, 4) is 0 Å². The molecule has 0 aliphatic heterocycles. The molecule has 1 rings (SSSR count). The lowest BCUT2D eigenvalue weighted by Crippen LogP contribution is -2.32. The number of carbonyl (C=O) groups is 1. The highest BCUT2D eigenvalue weighted by Crippen LogP contribution is 2.36. The average Bonchev–Trinajstić information content (AvgIpc) is 3.16. The maximum atomic E-state index is 11.6. The van der Waals surface area contributed by atoms with Crippen LogP contribution in [-0.2, 0) is 9.53 Å². The Hall–Kier alpha value is -0.790. The molecule has 0 aromatic carbocycles. The number of rotatable bonds is 7. The molecule has 0 spiro atoms. The molecule has 2 atom stereocenters. The number of hydrogen-bond donors (Lipinski definition) is 0. The molecule has 1 aliphatic rings. The first-order valence-electron chi connectivity index (χ1n) is 7.54. The van der Waals surface area contributed by atoms with Crippen LogP contribution in [0.5, 0.6) is 0 Å². The zero-order chi connectivity index (χ0) is 14.6. The fourth-order valence-electron chi connectivity index (χ4n) is 2.22. The first-order valence-corrected chi connectivity index (χ1v) is 7.54. The van der Waals surface area contributed by atoms with E-state index in [1.807, 2.05) is 0 Å². The Morgan fingerprint density at radius 1 is 1.32 bits per heavy atom. The number of allylic oxidation sites excluding steroid dienone is 2. The molecule has 0 aromatic rings. The third kappa shape index (κ3) is 5.38. The molecule has 0 N–H and O–H groups in total. The van der Waals surface area contributed by atoms with Gasteiger partial charge >= 0.3 is 5.97 Å². The van der Waals surface area contributed by atoms with Crippen molar-refractivity contribution in [3.05, 3.63) is 11.6 Å². The van der Waals surface area contributed by atoms with Crippen LogP contribution in [0.3, 0.4) is 0 Å². The second kappa shape index (κ2) is 6.58. The quantitative estimate of drug-likeness (QED) is 0.497. The smallest absolute Gasteiger partial charge is 0.308 e. The summed E-state index contributed by atoms with van der Waals surface area (Å²) in [5, 5.41) is 0. The predicted molar refractivity (Wildman–Crippen MR) is 79.8 cm³/mol. The standard InChI is InChI=1S/C17H30O2/c1-12(2)7-8-13(3)14(4)17(5,6)11-19-16(18)15-9-10-15/h7,13-15H,8-11H2,1-6H3/t13-,14-/m1/s1. The van der Waals surface area contributed by atoms with Crippen LogP contribution < -0.4 is 0 Å². The molecule has 1 aliphatic carbocycles. The summed E-state index contributed by atoms with van der Waals surface area (Å²) in [7, 11) is 0. The Bertz CT molecular complexity index is 333. The number of ether oxygens (including phenoxy) is 1. The molecule has 2 heteroatoms. The normalized spacial score (nSPS) is 18.6. The van der Waals surface area contributed by atoms with E-state index in [9.17, 15) is 4.79 Å². The van der Waals surface area contributed by atoms with Gasteiger partial charge in [-0.1, -0.05) is 39.3 Å². The Kier molecular flexibility index (Phi) is 5.64. The van der Waals surface area contributed by atoms with E-state index in [0.717, 1.165) is 19.3 Å². The molecule has 2 nitrogen and oxygen atoms in total. The number of hydrogen-bond acceptors (Lipinski definition) is 2. The molecule has 0 bridgehead atoms. The lowest BCUT2D eigenvalue weighted by atomic mass is 9.73. The van der Waals surface area contributed by atoms with Crippen LogP contribution >= 0.6 is 0 Å². The van der Waals surface area contributed by atoms with Crippen molar-refractivity contribution >= 4 is 5.97 Å². The molecular weight excluding hydrogens is 236 g/mol. The third-order valence-electron chi connectivity index (χ3n) is 4.48. The minimum absolute atomic E-state index is 0.0113. The molecule has 0 amide bonds. The van der Waals surface area contributed by atoms with Crippen molar-refractivity contribution in [2.45, 2.75) is 60.8 Å². The zero-order valence-corrected chi connectivity index (χ0v) is 13.5. The SMILES string of the molecule is CC(C)=CC[C@@H](C)[C@@H](C)C(C)(C)COC(=O)C1CC1. The molecule has 1 saturated carbocycles. The van der Waals surface area contributed by atoms with E-state index in [0.29, 0.717) is 18.4 Å². The molecule has 0 saturated heterocycles. The van der Waals surface area contributed by atoms with E-state index in [1.54, 1.807) is 0 Å². The van der Waals surface area contributed by atoms with E-state index in [4.69, 9.17) is 4.74 Å². The molecule has 19 heavy (non-hydrogen) atoms. The first-order chi connectivity index (χ1) is 8.74. The van der Waals surface area contributed by atoms with Crippen molar-refractivity contribution in [3.63, 3.8) is 0 Å². The molecular formula is C17H30O2. The van der Waals surface area contributed by atoms with Gasteiger partial charge in [-0.15, -0.1) is 0 Å². The topological polar surface area (TPSA) is 26.3 Å². The summed E-state index contributed by atoms with van der Waals surface area (Å²) in [4.78, 5) is 11.6. The zero-order valence-electron chi connectivity index (χ0n) is 13.5. The van der Waals surface area contributed by atoms with Gasteiger partial charge in [0, 0.05) is 5.41 Å². The molecule has 0 heterocycles. The Morgan fingerprint density at radius 3 is 2.37 bits per heavy atom. The van der Waals surface area contributed by atoms with Crippen LogP contribution in [0.4, 0.5) is 0 Å². The van der Waals surface area contributed by atoms with Crippen LogP contribution in [0.15, 0.2) is 11.6 Å². The Morgan fingerprint density at radius 2 is 1.89 bits per heavy atom. The molecule has 0 unspecified atom stereocenters. The van der Waals surface area contributed by atoms with Crippen molar-refractivity contribution in [2.24, 2.45) is 23.2 Å². The second-order valence-corrected chi connectivity index (χ2v) is 7.15. The summed E-state index contributed by atoms with van der Waals surface area (Å²) in [5.74, 6) is 1.34. The van der Waals surface area contributed by atoms with Gasteiger partial charge in [0.2, 0.25) is 0 Å². The van der Waals surface area contributed by atoms with Crippen LogP contribution in [0.2, 0.25) is 0 Å². The van der Waals surface area contributed by atoms with Crippen LogP contribution in [0.25, 0.3) is 0 Å². The van der Waals surface area contributed by atoms with Gasteiger partial charge in [0.05, 0.1) is 12.5 Å². The van der Waals surface area contributed by atoms with Gasteiger partial charge in [0.1, 0.15) is 0 Å². The largest absolute Gasteiger partial charge is 0.465 e. The fraction of sp³-hybridized carbons (Fsp3) is 0.824. The highest BCUT2D eigenvalue weighted by molar-refractivity contribution is 5.74. The molecule has 110 valence electrons. The van der Waals surface area contributed by atoms with Crippen molar-refractivity contribution < 1.29 is 9.53 Å². The van der Waals surface area contributed by atoms with E-state index < -0.39 is 0 Å².